The van der Waals surface area contributed by atoms with Gasteiger partial charge in [-0.2, -0.15) is 0 Å². The number of fused-ring (bicyclic) bond motifs is 3. The lowest BCUT2D eigenvalue weighted by Crippen LogP contribution is -2.44. The Hall–Kier alpha value is -3.49. The van der Waals surface area contributed by atoms with E-state index in [9.17, 15) is 23.2 Å². The molecule has 3 N–H and O–H groups in total. The van der Waals surface area contributed by atoms with Crippen molar-refractivity contribution in [2.75, 3.05) is 13.2 Å². The van der Waals surface area contributed by atoms with Crippen molar-refractivity contribution in [2.45, 2.75) is 31.2 Å². The minimum absolute atomic E-state index is 0.0275. The first-order valence-corrected chi connectivity index (χ1v) is 10.7. The van der Waals surface area contributed by atoms with Gasteiger partial charge in [0.05, 0.1) is 12.3 Å². The van der Waals surface area contributed by atoms with Gasteiger partial charge in [-0.05, 0) is 34.6 Å². The molecule has 3 atom stereocenters. The van der Waals surface area contributed by atoms with Crippen LogP contribution in [0.5, 0.6) is 0 Å². The molecule has 0 radical (unpaired) electrons. The number of amides is 2. The van der Waals surface area contributed by atoms with E-state index in [2.05, 4.69) is 10.6 Å². The summed E-state index contributed by atoms with van der Waals surface area (Å²) in [7, 11) is 0. The van der Waals surface area contributed by atoms with E-state index in [4.69, 9.17) is 9.84 Å². The second kappa shape index (κ2) is 9.56. The summed E-state index contributed by atoms with van der Waals surface area (Å²) in [4.78, 5) is 35.1. The first-order valence-electron chi connectivity index (χ1n) is 10.7. The molecule has 0 aromatic heterocycles. The zero-order valence-electron chi connectivity index (χ0n) is 17.7. The fourth-order valence-corrected chi connectivity index (χ4v) is 4.29. The highest BCUT2D eigenvalue weighted by Gasteiger charge is 2.43. The zero-order chi connectivity index (χ0) is 23.5. The average molecular weight is 458 g/mol. The molecular weight excluding hydrogens is 434 g/mol. The highest BCUT2D eigenvalue weighted by atomic mass is 19.3. The highest BCUT2D eigenvalue weighted by Crippen LogP contribution is 2.44. The molecule has 2 amide bonds. The highest BCUT2D eigenvalue weighted by molar-refractivity contribution is 5.80. The van der Waals surface area contributed by atoms with Gasteiger partial charge in [0.2, 0.25) is 5.91 Å². The Kier molecular flexibility index (Phi) is 6.57. The number of hydrogen-bond acceptors (Lipinski definition) is 4. The summed E-state index contributed by atoms with van der Waals surface area (Å²) >= 11 is 0. The Morgan fingerprint density at radius 1 is 1.03 bits per heavy atom. The Morgan fingerprint density at radius 2 is 1.64 bits per heavy atom. The van der Waals surface area contributed by atoms with Gasteiger partial charge in [-0.1, -0.05) is 48.5 Å². The number of rotatable bonds is 9. The van der Waals surface area contributed by atoms with E-state index in [1.807, 2.05) is 48.5 Å². The lowest BCUT2D eigenvalue weighted by molar-refractivity contribution is -0.139. The maximum Gasteiger partial charge on any atom is 0.407 e. The Balaban J connectivity index is 1.30. The summed E-state index contributed by atoms with van der Waals surface area (Å²) in [5, 5.41) is 13.4. The molecule has 2 aromatic carbocycles. The molecule has 1 fully saturated rings. The summed E-state index contributed by atoms with van der Waals surface area (Å²) in [6, 6.07) is 13.8. The van der Waals surface area contributed by atoms with Crippen LogP contribution in [-0.2, 0) is 14.3 Å². The van der Waals surface area contributed by atoms with Crippen LogP contribution in [0.3, 0.4) is 0 Å². The van der Waals surface area contributed by atoms with Crippen molar-refractivity contribution in [3.05, 3.63) is 59.7 Å². The smallest absolute Gasteiger partial charge is 0.407 e. The number of alkyl carbamates (subject to hydrolysis) is 1. The minimum atomic E-state index is -2.97. The van der Waals surface area contributed by atoms with Gasteiger partial charge in [0, 0.05) is 12.5 Å². The monoisotopic (exact) mass is 458 g/mol. The van der Waals surface area contributed by atoms with Crippen LogP contribution in [0, 0.1) is 11.8 Å². The van der Waals surface area contributed by atoms with Crippen molar-refractivity contribution in [3.63, 3.8) is 0 Å². The summed E-state index contributed by atoms with van der Waals surface area (Å²) in [6.07, 6.45) is -4.18. The number of carbonyl (C=O) groups is 3. The molecule has 9 heteroatoms. The molecule has 0 bridgehead atoms. The zero-order valence-corrected chi connectivity index (χ0v) is 17.7. The van der Waals surface area contributed by atoms with Crippen molar-refractivity contribution >= 4 is 18.0 Å². The van der Waals surface area contributed by atoms with Crippen molar-refractivity contribution in [3.8, 4) is 11.1 Å². The number of carbonyl (C=O) groups excluding carboxylic acids is 2. The molecule has 174 valence electrons. The van der Waals surface area contributed by atoms with Crippen molar-refractivity contribution in [2.24, 2.45) is 11.8 Å². The van der Waals surface area contributed by atoms with Crippen LogP contribution in [-0.4, -0.2) is 48.7 Å². The standard InChI is InChI=1S/C24H24F2N2O5/c25-22(26)20(10-21(29)27-11-13-9-18(13)23(30)31)28-24(32)33-12-19-16-7-3-1-5-14(16)15-6-2-4-8-17(15)19/h1-8,13,18-20,22H,9-12H2,(H,27,29)(H,28,32)(H,30,31)/t13-,18-,20?/m1/s1. The van der Waals surface area contributed by atoms with E-state index >= 15 is 0 Å². The number of benzene rings is 2. The first-order chi connectivity index (χ1) is 15.8. The first kappa shape index (κ1) is 22.7. The van der Waals surface area contributed by atoms with Crippen LogP contribution in [0.25, 0.3) is 11.1 Å². The summed E-state index contributed by atoms with van der Waals surface area (Å²) in [6.45, 7) is 0.0803. The van der Waals surface area contributed by atoms with Crippen LogP contribution < -0.4 is 10.6 Å². The van der Waals surface area contributed by atoms with Crippen molar-refractivity contribution < 1.29 is 33.0 Å². The summed E-state index contributed by atoms with van der Waals surface area (Å²) in [5.74, 6) is -2.52. The predicted octanol–water partition coefficient (Wildman–Crippen LogP) is 3.39. The lowest BCUT2D eigenvalue weighted by Gasteiger charge is -2.19. The minimum Gasteiger partial charge on any atom is -0.481 e. The largest absolute Gasteiger partial charge is 0.481 e. The maximum absolute atomic E-state index is 13.4. The van der Waals surface area contributed by atoms with Gasteiger partial charge in [-0.25, -0.2) is 13.6 Å². The second-order valence-electron chi connectivity index (χ2n) is 8.36. The molecule has 4 rings (SSSR count). The second-order valence-corrected chi connectivity index (χ2v) is 8.36. The molecule has 7 nitrogen and oxygen atoms in total. The molecule has 33 heavy (non-hydrogen) atoms. The quantitative estimate of drug-likeness (QED) is 0.534. The number of alkyl halides is 2. The van der Waals surface area contributed by atoms with E-state index in [0.29, 0.717) is 6.42 Å². The summed E-state index contributed by atoms with van der Waals surface area (Å²) < 4.78 is 32.1. The molecular formula is C24H24F2N2O5. The number of halogens is 2. The van der Waals surface area contributed by atoms with Gasteiger partial charge in [0.1, 0.15) is 12.6 Å². The van der Waals surface area contributed by atoms with Crippen LogP contribution in [0.2, 0.25) is 0 Å². The third kappa shape index (κ3) is 5.13. The van der Waals surface area contributed by atoms with Gasteiger partial charge in [-0.3, -0.25) is 9.59 Å². The Labute approximate surface area is 189 Å². The average Bonchev–Trinajstić information content (AvgIpc) is 3.51. The SMILES string of the molecule is O=C(CC(NC(=O)OCC1c2ccccc2-c2ccccc21)C(F)F)NC[C@H]1C[C@H]1C(=O)O. The molecule has 0 saturated heterocycles. The third-order valence-corrected chi connectivity index (χ3v) is 6.16. The number of carboxylic acids is 1. The van der Waals surface area contributed by atoms with Gasteiger partial charge < -0.3 is 20.5 Å². The maximum atomic E-state index is 13.4. The lowest BCUT2D eigenvalue weighted by atomic mass is 9.98. The topological polar surface area (TPSA) is 105 Å². The number of hydrogen-bond donors (Lipinski definition) is 3. The molecule has 0 heterocycles. The summed E-state index contributed by atoms with van der Waals surface area (Å²) in [5.41, 5.74) is 4.09. The molecule has 1 saturated carbocycles. The number of nitrogens with one attached hydrogen (secondary N) is 2. The van der Waals surface area contributed by atoms with Gasteiger partial charge in [0.25, 0.3) is 6.43 Å². The van der Waals surface area contributed by atoms with E-state index in [-0.39, 0.29) is 25.0 Å². The van der Waals surface area contributed by atoms with E-state index < -0.39 is 42.8 Å². The molecule has 0 aliphatic heterocycles. The number of carboxylic acid groups (broad SMARTS) is 1. The third-order valence-electron chi connectivity index (χ3n) is 6.16. The van der Waals surface area contributed by atoms with Gasteiger partial charge >= 0.3 is 12.1 Å². The number of aliphatic carboxylic acids is 1. The molecule has 2 aliphatic rings. The van der Waals surface area contributed by atoms with E-state index in [1.54, 1.807) is 0 Å². The fourth-order valence-electron chi connectivity index (χ4n) is 4.29. The molecule has 1 unspecified atom stereocenters. The van der Waals surface area contributed by atoms with Crippen LogP contribution in [0.15, 0.2) is 48.5 Å². The van der Waals surface area contributed by atoms with Gasteiger partial charge in [0.15, 0.2) is 0 Å². The normalized spacial score (nSPS) is 19.4. The molecule has 2 aliphatic carbocycles. The van der Waals surface area contributed by atoms with Gasteiger partial charge in [-0.15, -0.1) is 0 Å². The molecule has 2 aromatic rings. The molecule has 0 spiro atoms. The number of ether oxygens (including phenoxy) is 1. The fraction of sp³-hybridized carbons (Fsp3) is 0.375. The van der Waals surface area contributed by atoms with Crippen LogP contribution >= 0.6 is 0 Å². The van der Waals surface area contributed by atoms with Crippen molar-refractivity contribution in [1.82, 2.24) is 10.6 Å². The van der Waals surface area contributed by atoms with Crippen molar-refractivity contribution in [1.29, 1.82) is 0 Å². The van der Waals surface area contributed by atoms with E-state index in [1.165, 1.54) is 0 Å². The predicted molar refractivity (Wildman–Crippen MR) is 115 cm³/mol. The van der Waals surface area contributed by atoms with Crippen LogP contribution in [0.4, 0.5) is 13.6 Å². The van der Waals surface area contributed by atoms with Crippen LogP contribution in [0.1, 0.15) is 29.9 Å². The Morgan fingerprint density at radius 3 is 2.18 bits per heavy atom. The Bertz CT molecular complexity index is 1020. The van der Waals surface area contributed by atoms with E-state index in [0.717, 1.165) is 22.3 Å².